The molecular weight excluding hydrogens is 236 g/mol. The summed E-state index contributed by atoms with van der Waals surface area (Å²) in [5.74, 6) is 0.194. The molecule has 0 spiro atoms. The van der Waals surface area contributed by atoms with Crippen LogP contribution < -0.4 is 10.2 Å². The number of amides is 1. The van der Waals surface area contributed by atoms with E-state index in [1.807, 2.05) is 18.0 Å². The summed E-state index contributed by atoms with van der Waals surface area (Å²) in [6, 6.07) is 6.23. The molecule has 1 saturated heterocycles. The molecule has 3 heteroatoms. The van der Waals surface area contributed by atoms with Crippen LogP contribution in [0.15, 0.2) is 18.2 Å². The molecule has 1 fully saturated rings. The van der Waals surface area contributed by atoms with Gasteiger partial charge in [-0.1, -0.05) is 24.6 Å². The van der Waals surface area contributed by atoms with E-state index in [2.05, 4.69) is 38.2 Å². The third kappa shape index (κ3) is 2.52. The molecule has 1 atom stereocenters. The lowest BCUT2D eigenvalue weighted by Gasteiger charge is -2.32. The van der Waals surface area contributed by atoms with Crippen molar-refractivity contribution in [1.82, 2.24) is 5.32 Å². The molecule has 1 amide bonds. The van der Waals surface area contributed by atoms with Gasteiger partial charge in [-0.25, -0.2) is 0 Å². The monoisotopic (exact) mass is 260 g/mol. The SMILES string of the molecule is CCC1(C(=O)N(C)c2ccc(C)cc2C)CCCN1. The highest BCUT2D eigenvalue weighted by atomic mass is 16.2. The predicted molar refractivity (Wildman–Crippen MR) is 79.6 cm³/mol. The Bertz CT molecular complexity index is 476. The van der Waals surface area contributed by atoms with Crippen molar-refractivity contribution in [3.8, 4) is 0 Å². The Morgan fingerprint density at radius 2 is 2.16 bits per heavy atom. The number of anilines is 1. The maximum Gasteiger partial charge on any atom is 0.247 e. The quantitative estimate of drug-likeness (QED) is 0.906. The molecule has 104 valence electrons. The Balaban J connectivity index is 2.28. The number of carbonyl (C=O) groups is 1. The van der Waals surface area contributed by atoms with Crippen molar-refractivity contribution in [2.24, 2.45) is 0 Å². The van der Waals surface area contributed by atoms with E-state index >= 15 is 0 Å². The van der Waals surface area contributed by atoms with Crippen LogP contribution in [0, 0.1) is 13.8 Å². The van der Waals surface area contributed by atoms with Crippen LogP contribution in [0.5, 0.6) is 0 Å². The van der Waals surface area contributed by atoms with Crippen LogP contribution in [0.4, 0.5) is 5.69 Å². The van der Waals surface area contributed by atoms with Crippen LogP contribution in [0.25, 0.3) is 0 Å². The van der Waals surface area contributed by atoms with Gasteiger partial charge in [0.2, 0.25) is 5.91 Å². The smallest absolute Gasteiger partial charge is 0.247 e. The molecule has 0 aliphatic carbocycles. The molecule has 1 aliphatic heterocycles. The third-order valence-electron chi connectivity index (χ3n) is 4.27. The topological polar surface area (TPSA) is 32.3 Å². The number of nitrogens with zero attached hydrogens (tertiary/aromatic N) is 1. The van der Waals surface area contributed by atoms with Crippen LogP contribution in [0.1, 0.15) is 37.3 Å². The lowest BCUT2D eigenvalue weighted by atomic mass is 9.92. The zero-order chi connectivity index (χ0) is 14.0. The summed E-state index contributed by atoms with van der Waals surface area (Å²) in [6.45, 7) is 7.17. The van der Waals surface area contributed by atoms with E-state index in [1.165, 1.54) is 5.56 Å². The average molecular weight is 260 g/mol. The number of rotatable bonds is 3. The van der Waals surface area contributed by atoms with Crippen molar-refractivity contribution in [3.05, 3.63) is 29.3 Å². The van der Waals surface area contributed by atoms with Crippen LogP contribution in [0.2, 0.25) is 0 Å². The number of hydrogen-bond donors (Lipinski definition) is 1. The first-order chi connectivity index (χ1) is 9.00. The first-order valence-corrected chi connectivity index (χ1v) is 7.10. The molecule has 1 N–H and O–H groups in total. The molecular formula is C16H24N2O. The summed E-state index contributed by atoms with van der Waals surface area (Å²) in [4.78, 5) is 14.6. The van der Waals surface area contributed by atoms with E-state index in [0.717, 1.165) is 37.1 Å². The van der Waals surface area contributed by atoms with Gasteiger partial charge < -0.3 is 10.2 Å². The van der Waals surface area contributed by atoms with Gasteiger partial charge in [-0.05, 0) is 51.3 Å². The van der Waals surface area contributed by atoms with Gasteiger partial charge in [-0.15, -0.1) is 0 Å². The fourth-order valence-electron chi connectivity index (χ4n) is 3.05. The minimum Gasteiger partial charge on any atom is -0.314 e. The molecule has 0 radical (unpaired) electrons. The molecule has 0 bridgehead atoms. The van der Waals surface area contributed by atoms with Gasteiger partial charge in [0, 0.05) is 12.7 Å². The van der Waals surface area contributed by atoms with Crippen LogP contribution in [-0.4, -0.2) is 25.0 Å². The number of carbonyl (C=O) groups excluding carboxylic acids is 1. The fourth-order valence-corrected chi connectivity index (χ4v) is 3.05. The Labute approximate surface area is 116 Å². The highest BCUT2D eigenvalue weighted by Gasteiger charge is 2.41. The second kappa shape index (κ2) is 5.33. The summed E-state index contributed by atoms with van der Waals surface area (Å²) in [5, 5.41) is 3.41. The van der Waals surface area contributed by atoms with Gasteiger partial charge >= 0.3 is 0 Å². The van der Waals surface area contributed by atoms with Gasteiger partial charge in [-0.2, -0.15) is 0 Å². The van der Waals surface area contributed by atoms with Gasteiger partial charge in [0.05, 0.1) is 5.54 Å². The van der Waals surface area contributed by atoms with E-state index < -0.39 is 0 Å². The van der Waals surface area contributed by atoms with Crippen molar-refractivity contribution in [2.75, 3.05) is 18.5 Å². The largest absolute Gasteiger partial charge is 0.314 e. The Kier molecular flexibility index (Phi) is 3.95. The molecule has 1 unspecified atom stereocenters. The van der Waals surface area contributed by atoms with E-state index in [4.69, 9.17) is 0 Å². The molecule has 1 aliphatic rings. The van der Waals surface area contributed by atoms with E-state index in [-0.39, 0.29) is 11.4 Å². The highest BCUT2D eigenvalue weighted by molar-refractivity contribution is 6.00. The van der Waals surface area contributed by atoms with E-state index in [1.54, 1.807) is 0 Å². The first-order valence-electron chi connectivity index (χ1n) is 7.10. The van der Waals surface area contributed by atoms with Crippen molar-refractivity contribution in [2.45, 2.75) is 45.6 Å². The van der Waals surface area contributed by atoms with Gasteiger partial charge in [0.15, 0.2) is 0 Å². The number of likely N-dealkylation sites (N-methyl/N-ethyl adjacent to an activating group) is 1. The van der Waals surface area contributed by atoms with Crippen LogP contribution in [0.3, 0.4) is 0 Å². The summed E-state index contributed by atoms with van der Waals surface area (Å²) < 4.78 is 0. The lowest BCUT2D eigenvalue weighted by Crippen LogP contribution is -2.53. The second-order valence-corrected chi connectivity index (χ2v) is 5.62. The predicted octanol–water partition coefficient (Wildman–Crippen LogP) is 2.80. The van der Waals surface area contributed by atoms with Gasteiger partial charge in [-0.3, -0.25) is 4.79 Å². The number of benzene rings is 1. The Morgan fingerprint density at radius 1 is 1.42 bits per heavy atom. The summed E-state index contributed by atoms with van der Waals surface area (Å²) >= 11 is 0. The first kappa shape index (κ1) is 14.1. The molecule has 3 nitrogen and oxygen atoms in total. The molecule has 2 rings (SSSR count). The normalized spacial score (nSPS) is 22.5. The molecule has 1 aromatic rings. The highest BCUT2D eigenvalue weighted by Crippen LogP contribution is 2.29. The Hall–Kier alpha value is -1.35. The zero-order valence-electron chi connectivity index (χ0n) is 12.4. The van der Waals surface area contributed by atoms with Crippen molar-refractivity contribution in [3.63, 3.8) is 0 Å². The fraction of sp³-hybridized carbons (Fsp3) is 0.562. The average Bonchev–Trinajstić information content (AvgIpc) is 2.87. The zero-order valence-corrected chi connectivity index (χ0v) is 12.4. The standard InChI is InChI=1S/C16H24N2O/c1-5-16(9-6-10-17-16)15(19)18(4)14-8-7-12(2)11-13(14)3/h7-8,11,17H,5-6,9-10H2,1-4H3. The van der Waals surface area contributed by atoms with Crippen molar-refractivity contribution in [1.29, 1.82) is 0 Å². The number of nitrogens with one attached hydrogen (secondary N) is 1. The van der Waals surface area contributed by atoms with Crippen LogP contribution in [-0.2, 0) is 4.79 Å². The second-order valence-electron chi connectivity index (χ2n) is 5.62. The molecule has 0 saturated carbocycles. The third-order valence-corrected chi connectivity index (χ3v) is 4.27. The summed E-state index contributed by atoms with van der Waals surface area (Å²) in [6.07, 6.45) is 2.87. The summed E-state index contributed by atoms with van der Waals surface area (Å²) in [5.41, 5.74) is 3.04. The molecule has 0 aromatic heterocycles. The molecule has 1 aromatic carbocycles. The lowest BCUT2D eigenvalue weighted by molar-refractivity contribution is -0.124. The molecule has 1 heterocycles. The van der Waals surface area contributed by atoms with Crippen molar-refractivity contribution >= 4 is 11.6 Å². The minimum atomic E-state index is -0.355. The van der Waals surface area contributed by atoms with Crippen molar-refractivity contribution < 1.29 is 4.79 Å². The van der Waals surface area contributed by atoms with E-state index in [9.17, 15) is 4.79 Å². The maximum absolute atomic E-state index is 12.8. The van der Waals surface area contributed by atoms with E-state index in [0.29, 0.717) is 0 Å². The minimum absolute atomic E-state index is 0.194. The maximum atomic E-state index is 12.8. The van der Waals surface area contributed by atoms with Gasteiger partial charge in [0.1, 0.15) is 0 Å². The Morgan fingerprint density at radius 3 is 2.68 bits per heavy atom. The number of hydrogen-bond acceptors (Lipinski definition) is 2. The number of aryl methyl sites for hydroxylation is 2. The molecule has 19 heavy (non-hydrogen) atoms. The summed E-state index contributed by atoms with van der Waals surface area (Å²) in [7, 11) is 1.89. The van der Waals surface area contributed by atoms with Gasteiger partial charge in [0.25, 0.3) is 0 Å². The van der Waals surface area contributed by atoms with Crippen LogP contribution >= 0.6 is 0 Å².